The Hall–Kier alpha value is -2.14. The van der Waals surface area contributed by atoms with Crippen molar-refractivity contribution in [2.45, 2.75) is 25.8 Å². The van der Waals surface area contributed by atoms with E-state index in [9.17, 15) is 4.79 Å². The molecule has 0 unspecified atom stereocenters. The van der Waals surface area contributed by atoms with E-state index in [0.717, 1.165) is 31.6 Å². The molecule has 1 aliphatic rings. The van der Waals surface area contributed by atoms with Crippen LogP contribution in [-0.4, -0.2) is 33.9 Å². The topological polar surface area (TPSA) is 58.1 Å². The standard InChI is InChI=1S/C17H19ClN4O/c18-15-10-13(17(23)22-8-4-1-5-9-22)11-20-16(15)21-12-14-6-2-3-7-19-14/h2-3,6-7,10-11H,1,4-5,8-9,12H2,(H,20,21). The van der Waals surface area contributed by atoms with E-state index in [-0.39, 0.29) is 5.91 Å². The second kappa shape index (κ2) is 7.42. The zero-order valence-electron chi connectivity index (χ0n) is 12.8. The Kier molecular flexibility index (Phi) is 5.08. The van der Waals surface area contributed by atoms with Crippen LogP contribution in [0.3, 0.4) is 0 Å². The van der Waals surface area contributed by atoms with Gasteiger partial charge in [0.25, 0.3) is 5.91 Å². The smallest absolute Gasteiger partial charge is 0.255 e. The molecule has 0 atom stereocenters. The molecule has 0 aliphatic carbocycles. The number of piperidine rings is 1. The number of hydrogen-bond acceptors (Lipinski definition) is 4. The van der Waals surface area contributed by atoms with Gasteiger partial charge in [0.2, 0.25) is 0 Å². The fourth-order valence-electron chi connectivity index (χ4n) is 2.64. The molecule has 1 amide bonds. The molecule has 3 heterocycles. The summed E-state index contributed by atoms with van der Waals surface area (Å²) >= 11 is 6.26. The maximum atomic E-state index is 12.4. The van der Waals surface area contributed by atoms with Gasteiger partial charge in [0, 0.05) is 25.5 Å². The number of carbonyl (C=O) groups is 1. The third-order valence-corrected chi connectivity index (χ3v) is 4.18. The van der Waals surface area contributed by atoms with Gasteiger partial charge in [0.15, 0.2) is 0 Å². The predicted octanol–water partition coefficient (Wildman–Crippen LogP) is 3.37. The first-order chi connectivity index (χ1) is 11.2. The molecule has 23 heavy (non-hydrogen) atoms. The van der Waals surface area contributed by atoms with E-state index in [1.807, 2.05) is 23.1 Å². The summed E-state index contributed by atoms with van der Waals surface area (Å²) in [5.74, 6) is 0.572. The average molecular weight is 331 g/mol. The van der Waals surface area contributed by atoms with E-state index >= 15 is 0 Å². The van der Waals surface area contributed by atoms with Gasteiger partial charge in [-0.3, -0.25) is 9.78 Å². The summed E-state index contributed by atoms with van der Waals surface area (Å²) in [6, 6.07) is 7.41. The Bertz CT molecular complexity index is 672. The Morgan fingerprint density at radius 2 is 2.04 bits per heavy atom. The highest BCUT2D eigenvalue weighted by molar-refractivity contribution is 6.33. The molecule has 1 saturated heterocycles. The number of aromatic nitrogens is 2. The number of nitrogens with zero attached hydrogens (tertiary/aromatic N) is 3. The Balaban J connectivity index is 1.66. The summed E-state index contributed by atoms with van der Waals surface area (Å²) in [7, 11) is 0. The summed E-state index contributed by atoms with van der Waals surface area (Å²) in [6.07, 6.45) is 6.66. The zero-order chi connectivity index (χ0) is 16.1. The minimum absolute atomic E-state index is 0.00961. The molecule has 0 spiro atoms. The molecule has 6 heteroatoms. The maximum absolute atomic E-state index is 12.4. The molecule has 5 nitrogen and oxygen atoms in total. The average Bonchev–Trinajstić information content (AvgIpc) is 2.61. The minimum atomic E-state index is 0.00961. The van der Waals surface area contributed by atoms with Crippen LogP contribution in [-0.2, 0) is 6.54 Å². The lowest BCUT2D eigenvalue weighted by Gasteiger charge is -2.26. The number of halogens is 1. The van der Waals surface area contributed by atoms with Crippen LogP contribution in [0, 0.1) is 0 Å². The molecule has 1 N–H and O–H groups in total. The molecule has 2 aromatic heterocycles. The molecular weight excluding hydrogens is 312 g/mol. The van der Waals surface area contributed by atoms with Crippen molar-refractivity contribution in [3.8, 4) is 0 Å². The number of carbonyl (C=O) groups excluding carboxylic acids is 1. The van der Waals surface area contributed by atoms with Gasteiger partial charge in [0.05, 0.1) is 22.8 Å². The van der Waals surface area contributed by atoms with Gasteiger partial charge in [0.1, 0.15) is 5.82 Å². The van der Waals surface area contributed by atoms with Crippen LogP contribution < -0.4 is 5.32 Å². The monoisotopic (exact) mass is 330 g/mol. The molecule has 3 rings (SSSR count). The zero-order valence-corrected chi connectivity index (χ0v) is 13.6. The van der Waals surface area contributed by atoms with Crippen molar-refractivity contribution in [3.05, 3.63) is 52.9 Å². The minimum Gasteiger partial charge on any atom is -0.363 e. The van der Waals surface area contributed by atoms with Gasteiger partial charge >= 0.3 is 0 Å². The van der Waals surface area contributed by atoms with Crippen LogP contribution in [0.15, 0.2) is 36.7 Å². The van der Waals surface area contributed by atoms with E-state index in [1.165, 1.54) is 6.42 Å². The fraction of sp³-hybridized carbons (Fsp3) is 0.353. The van der Waals surface area contributed by atoms with Crippen LogP contribution in [0.4, 0.5) is 5.82 Å². The van der Waals surface area contributed by atoms with E-state index in [1.54, 1.807) is 18.5 Å². The van der Waals surface area contributed by atoms with E-state index in [0.29, 0.717) is 22.9 Å². The largest absolute Gasteiger partial charge is 0.363 e. The second-order valence-corrected chi connectivity index (χ2v) is 5.99. The number of hydrogen-bond donors (Lipinski definition) is 1. The Labute approximate surface area is 140 Å². The van der Waals surface area contributed by atoms with E-state index < -0.39 is 0 Å². The van der Waals surface area contributed by atoms with Crippen LogP contribution >= 0.6 is 11.6 Å². The fourth-order valence-corrected chi connectivity index (χ4v) is 2.87. The van der Waals surface area contributed by atoms with Crippen LogP contribution in [0.2, 0.25) is 5.02 Å². The number of nitrogens with one attached hydrogen (secondary N) is 1. The predicted molar refractivity (Wildman–Crippen MR) is 90.6 cm³/mol. The Morgan fingerprint density at radius 1 is 1.22 bits per heavy atom. The van der Waals surface area contributed by atoms with Gasteiger partial charge < -0.3 is 10.2 Å². The van der Waals surface area contributed by atoms with E-state index in [4.69, 9.17) is 11.6 Å². The number of likely N-dealkylation sites (tertiary alicyclic amines) is 1. The number of anilines is 1. The highest BCUT2D eigenvalue weighted by Gasteiger charge is 2.19. The van der Waals surface area contributed by atoms with Crippen molar-refractivity contribution in [1.29, 1.82) is 0 Å². The highest BCUT2D eigenvalue weighted by atomic mass is 35.5. The number of pyridine rings is 2. The van der Waals surface area contributed by atoms with Crippen LogP contribution in [0.25, 0.3) is 0 Å². The van der Waals surface area contributed by atoms with Gasteiger partial charge in [-0.05, 0) is 37.5 Å². The van der Waals surface area contributed by atoms with E-state index in [2.05, 4.69) is 15.3 Å². The molecule has 0 aromatic carbocycles. The summed E-state index contributed by atoms with van der Waals surface area (Å²) < 4.78 is 0. The first kappa shape index (κ1) is 15.7. The molecule has 0 bridgehead atoms. The Morgan fingerprint density at radius 3 is 2.74 bits per heavy atom. The van der Waals surface area contributed by atoms with Crippen molar-refractivity contribution in [1.82, 2.24) is 14.9 Å². The summed E-state index contributed by atoms with van der Waals surface area (Å²) in [5, 5.41) is 3.59. The summed E-state index contributed by atoms with van der Waals surface area (Å²) in [6.45, 7) is 2.17. The number of amides is 1. The number of rotatable bonds is 4. The van der Waals surface area contributed by atoms with Gasteiger partial charge in [-0.25, -0.2) is 4.98 Å². The lowest BCUT2D eigenvalue weighted by Crippen LogP contribution is -2.35. The highest BCUT2D eigenvalue weighted by Crippen LogP contribution is 2.22. The lowest BCUT2D eigenvalue weighted by molar-refractivity contribution is 0.0724. The van der Waals surface area contributed by atoms with Crippen molar-refractivity contribution in [2.24, 2.45) is 0 Å². The molecular formula is C17H19ClN4O. The van der Waals surface area contributed by atoms with Gasteiger partial charge in [-0.1, -0.05) is 17.7 Å². The third-order valence-electron chi connectivity index (χ3n) is 3.89. The SMILES string of the molecule is O=C(c1cnc(NCc2ccccn2)c(Cl)c1)N1CCCCC1. The molecule has 1 aliphatic heterocycles. The van der Waals surface area contributed by atoms with Gasteiger partial charge in [-0.2, -0.15) is 0 Å². The summed E-state index contributed by atoms with van der Waals surface area (Å²) in [4.78, 5) is 22.8. The maximum Gasteiger partial charge on any atom is 0.255 e. The molecule has 0 saturated carbocycles. The van der Waals surface area contributed by atoms with Crippen LogP contribution in [0.1, 0.15) is 35.3 Å². The quantitative estimate of drug-likeness (QED) is 0.933. The van der Waals surface area contributed by atoms with Crippen LogP contribution in [0.5, 0.6) is 0 Å². The van der Waals surface area contributed by atoms with Crippen molar-refractivity contribution in [3.63, 3.8) is 0 Å². The van der Waals surface area contributed by atoms with Gasteiger partial charge in [-0.15, -0.1) is 0 Å². The molecule has 0 radical (unpaired) electrons. The van der Waals surface area contributed by atoms with Crippen molar-refractivity contribution in [2.75, 3.05) is 18.4 Å². The first-order valence-electron chi connectivity index (χ1n) is 7.82. The third kappa shape index (κ3) is 3.99. The second-order valence-electron chi connectivity index (χ2n) is 5.58. The normalized spacial score (nSPS) is 14.6. The molecule has 1 fully saturated rings. The molecule has 120 valence electrons. The summed E-state index contributed by atoms with van der Waals surface area (Å²) in [5.41, 5.74) is 1.44. The lowest BCUT2D eigenvalue weighted by atomic mass is 10.1. The van der Waals surface area contributed by atoms with Crippen molar-refractivity contribution < 1.29 is 4.79 Å². The first-order valence-corrected chi connectivity index (χ1v) is 8.20. The molecule has 2 aromatic rings. The van der Waals surface area contributed by atoms with Crippen molar-refractivity contribution >= 4 is 23.3 Å².